The van der Waals surface area contributed by atoms with Crippen molar-refractivity contribution in [2.24, 2.45) is 0 Å². The van der Waals surface area contributed by atoms with E-state index >= 15 is 0 Å². The van der Waals surface area contributed by atoms with E-state index in [-0.39, 0.29) is 17.3 Å². The number of anilines is 1. The first-order valence-electron chi connectivity index (χ1n) is 7.85. The van der Waals surface area contributed by atoms with Gasteiger partial charge < -0.3 is 10.6 Å². The van der Waals surface area contributed by atoms with Gasteiger partial charge in [0.25, 0.3) is 0 Å². The highest BCUT2D eigenvalue weighted by Crippen LogP contribution is 2.34. The smallest absolute Gasteiger partial charge is 0.237 e. The second-order valence-electron chi connectivity index (χ2n) is 5.79. The zero-order valence-electron chi connectivity index (χ0n) is 12.9. The minimum Gasteiger partial charge on any atom is -0.382 e. The summed E-state index contributed by atoms with van der Waals surface area (Å²) in [6.07, 6.45) is 10.2. The molecule has 6 nitrogen and oxygen atoms in total. The summed E-state index contributed by atoms with van der Waals surface area (Å²) in [5.41, 5.74) is 7.12. The highest BCUT2D eigenvalue weighted by molar-refractivity contribution is 7.99. The molecule has 23 heavy (non-hydrogen) atoms. The van der Waals surface area contributed by atoms with E-state index in [9.17, 15) is 4.79 Å². The van der Waals surface area contributed by atoms with Crippen molar-refractivity contribution in [3.8, 4) is 6.07 Å². The molecule has 1 amide bonds. The van der Waals surface area contributed by atoms with Gasteiger partial charge in [0.15, 0.2) is 5.16 Å². The summed E-state index contributed by atoms with van der Waals surface area (Å²) in [6.45, 7) is 0. The maximum Gasteiger partial charge on any atom is 0.237 e. The fourth-order valence-corrected chi connectivity index (χ4v) is 3.38. The van der Waals surface area contributed by atoms with E-state index in [1.54, 1.807) is 0 Å². The fraction of sp³-hybridized carbons (Fsp3) is 0.500. The number of amides is 1. The Labute approximate surface area is 139 Å². The van der Waals surface area contributed by atoms with Crippen LogP contribution in [0, 0.1) is 11.3 Å². The number of hydrogen-bond acceptors (Lipinski definition) is 6. The van der Waals surface area contributed by atoms with E-state index in [0.29, 0.717) is 17.0 Å². The molecule has 1 heterocycles. The van der Waals surface area contributed by atoms with Crippen molar-refractivity contribution in [3.05, 3.63) is 23.5 Å². The van der Waals surface area contributed by atoms with E-state index in [0.717, 1.165) is 32.1 Å². The van der Waals surface area contributed by atoms with Gasteiger partial charge in [-0.15, -0.1) is 0 Å². The van der Waals surface area contributed by atoms with Gasteiger partial charge in [0.1, 0.15) is 17.5 Å². The Kier molecular flexibility index (Phi) is 4.82. The number of thioether (sulfide) groups is 1. The second-order valence-corrected chi connectivity index (χ2v) is 6.73. The zero-order chi connectivity index (χ0) is 16.2. The third-order valence-corrected chi connectivity index (χ3v) is 4.84. The van der Waals surface area contributed by atoms with Gasteiger partial charge in [-0.05, 0) is 38.5 Å². The minimum absolute atomic E-state index is 0.109. The summed E-state index contributed by atoms with van der Waals surface area (Å²) >= 11 is 1.27. The molecule has 0 atom stereocenters. The lowest BCUT2D eigenvalue weighted by Gasteiger charge is -2.27. The molecule has 0 saturated heterocycles. The molecule has 0 bridgehead atoms. The standard InChI is InChI=1S/C16H19N5OS/c17-8-11-9-19-16(20-15(11)18)23-10-14(22)21(13-6-7-13)12-4-2-1-3-5-12/h4,9,13H,1-3,5-7,10H2,(H2,18,19,20). The molecule has 0 spiro atoms. The van der Waals surface area contributed by atoms with Crippen LogP contribution in [0.4, 0.5) is 5.82 Å². The van der Waals surface area contributed by atoms with Gasteiger partial charge in [0.2, 0.25) is 5.91 Å². The van der Waals surface area contributed by atoms with Crippen molar-refractivity contribution in [2.75, 3.05) is 11.5 Å². The summed E-state index contributed by atoms with van der Waals surface area (Å²) in [7, 11) is 0. The third kappa shape index (κ3) is 3.82. The van der Waals surface area contributed by atoms with Crippen LogP contribution in [-0.2, 0) is 4.79 Å². The molecule has 2 N–H and O–H groups in total. The van der Waals surface area contributed by atoms with Crippen LogP contribution in [0.3, 0.4) is 0 Å². The van der Waals surface area contributed by atoms with Crippen LogP contribution >= 0.6 is 11.8 Å². The van der Waals surface area contributed by atoms with Crippen molar-refractivity contribution in [2.45, 2.75) is 49.7 Å². The molecule has 7 heteroatoms. The molecular weight excluding hydrogens is 310 g/mol. The highest BCUT2D eigenvalue weighted by Gasteiger charge is 2.34. The SMILES string of the molecule is N#Cc1cnc(SCC(=O)N(C2=CCCCC2)C2CC2)nc1N. The van der Waals surface area contributed by atoms with Crippen molar-refractivity contribution >= 4 is 23.5 Å². The van der Waals surface area contributed by atoms with Crippen molar-refractivity contribution in [1.29, 1.82) is 5.26 Å². The molecule has 3 rings (SSSR count). The van der Waals surface area contributed by atoms with Gasteiger partial charge in [0, 0.05) is 11.7 Å². The number of nitrogens with two attached hydrogens (primary N) is 1. The molecule has 2 aliphatic rings. The van der Waals surface area contributed by atoms with Crippen LogP contribution in [0.25, 0.3) is 0 Å². The molecule has 1 aromatic rings. The lowest BCUT2D eigenvalue weighted by atomic mass is 10.0. The number of aromatic nitrogens is 2. The van der Waals surface area contributed by atoms with Crippen LogP contribution in [-0.4, -0.2) is 32.6 Å². The van der Waals surface area contributed by atoms with Crippen LogP contribution in [0.5, 0.6) is 0 Å². The number of carbonyl (C=O) groups excluding carboxylic acids is 1. The second kappa shape index (κ2) is 7.01. The lowest BCUT2D eigenvalue weighted by Crippen LogP contribution is -2.34. The Morgan fingerprint density at radius 2 is 2.30 bits per heavy atom. The first-order chi connectivity index (χ1) is 11.2. The first-order valence-corrected chi connectivity index (χ1v) is 8.84. The Morgan fingerprint density at radius 1 is 1.48 bits per heavy atom. The van der Waals surface area contributed by atoms with E-state index in [1.807, 2.05) is 11.0 Å². The largest absolute Gasteiger partial charge is 0.382 e. The highest BCUT2D eigenvalue weighted by atomic mass is 32.2. The van der Waals surface area contributed by atoms with E-state index < -0.39 is 0 Å². The summed E-state index contributed by atoms with van der Waals surface area (Å²) in [4.78, 5) is 22.8. The van der Waals surface area contributed by atoms with E-state index in [2.05, 4.69) is 16.0 Å². The number of allylic oxidation sites excluding steroid dienone is 2. The van der Waals surface area contributed by atoms with Crippen LogP contribution in [0.2, 0.25) is 0 Å². The summed E-state index contributed by atoms with van der Waals surface area (Å²) < 4.78 is 0. The Hall–Kier alpha value is -2.07. The molecule has 0 aromatic carbocycles. The Balaban J connectivity index is 1.64. The maximum absolute atomic E-state index is 12.6. The van der Waals surface area contributed by atoms with Gasteiger partial charge in [-0.1, -0.05) is 17.8 Å². The van der Waals surface area contributed by atoms with Crippen LogP contribution < -0.4 is 5.73 Å². The molecule has 1 saturated carbocycles. The molecule has 120 valence electrons. The normalized spacial score (nSPS) is 17.3. The Morgan fingerprint density at radius 3 is 2.91 bits per heavy atom. The van der Waals surface area contributed by atoms with E-state index in [1.165, 1.54) is 30.1 Å². The first kappa shape index (κ1) is 15.8. The number of rotatable bonds is 5. The van der Waals surface area contributed by atoms with Crippen LogP contribution in [0.15, 0.2) is 23.1 Å². The van der Waals surface area contributed by atoms with Gasteiger partial charge in [-0.3, -0.25) is 4.79 Å². The van der Waals surface area contributed by atoms with Crippen LogP contribution in [0.1, 0.15) is 44.1 Å². The number of carbonyl (C=O) groups is 1. The van der Waals surface area contributed by atoms with Crippen molar-refractivity contribution in [1.82, 2.24) is 14.9 Å². The molecular formula is C16H19N5OS. The number of hydrogen-bond donors (Lipinski definition) is 1. The number of nitriles is 1. The summed E-state index contributed by atoms with van der Waals surface area (Å²) in [6, 6.07) is 2.30. The fourth-order valence-electron chi connectivity index (χ4n) is 2.70. The monoisotopic (exact) mass is 329 g/mol. The average molecular weight is 329 g/mol. The lowest BCUT2D eigenvalue weighted by molar-refractivity contribution is -0.127. The molecule has 0 aliphatic heterocycles. The molecule has 2 aliphatic carbocycles. The van der Waals surface area contributed by atoms with Gasteiger partial charge >= 0.3 is 0 Å². The van der Waals surface area contributed by atoms with Crippen molar-refractivity contribution in [3.63, 3.8) is 0 Å². The molecule has 1 aromatic heterocycles. The topological polar surface area (TPSA) is 95.9 Å². The third-order valence-electron chi connectivity index (χ3n) is 4.00. The minimum atomic E-state index is 0.109. The maximum atomic E-state index is 12.6. The van der Waals surface area contributed by atoms with Gasteiger partial charge in [-0.2, -0.15) is 5.26 Å². The van der Waals surface area contributed by atoms with Gasteiger partial charge in [-0.25, -0.2) is 9.97 Å². The quantitative estimate of drug-likeness (QED) is 0.658. The molecule has 1 fully saturated rings. The van der Waals surface area contributed by atoms with Gasteiger partial charge in [0.05, 0.1) is 11.9 Å². The predicted molar refractivity (Wildman–Crippen MR) is 88.3 cm³/mol. The van der Waals surface area contributed by atoms with E-state index in [4.69, 9.17) is 11.0 Å². The summed E-state index contributed by atoms with van der Waals surface area (Å²) in [5, 5.41) is 9.26. The molecule has 0 unspecified atom stereocenters. The molecule has 0 radical (unpaired) electrons. The summed E-state index contributed by atoms with van der Waals surface area (Å²) in [5.74, 6) is 0.558. The van der Waals surface area contributed by atoms with Crippen molar-refractivity contribution < 1.29 is 4.79 Å². The average Bonchev–Trinajstić information content (AvgIpc) is 3.39. The predicted octanol–water partition coefficient (Wildman–Crippen LogP) is 2.47. The zero-order valence-corrected chi connectivity index (χ0v) is 13.7. The number of nitrogens with zero attached hydrogens (tertiary/aromatic N) is 4. The Bertz CT molecular complexity index is 678. The number of nitrogen functional groups attached to an aromatic ring is 1.